The summed E-state index contributed by atoms with van der Waals surface area (Å²) < 4.78 is 0. The van der Waals surface area contributed by atoms with Crippen molar-refractivity contribution < 1.29 is 0 Å². The second-order valence-corrected chi connectivity index (χ2v) is 3.44. The second-order valence-electron chi connectivity index (χ2n) is 2.62. The molecule has 0 heterocycles. The summed E-state index contributed by atoms with van der Waals surface area (Å²) in [5, 5.41) is 8.12. The largest absolute Gasteiger partial charge is 0.398 e. The smallest absolute Gasteiger partial charge is 0.0960 e. The van der Waals surface area contributed by atoms with Gasteiger partial charge in [-0.1, -0.05) is 25.5 Å². The van der Waals surface area contributed by atoms with Crippen LogP contribution >= 0.6 is 11.8 Å². The van der Waals surface area contributed by atoms with Crippen LogP contribution in [0.15, 0.2) is 18.2 Å². The molecule has 1 aromatic rings. The monoisotopic (exact) mass is 210 g/mol. The van der Waals surface area contributed by atoms with Crippen molar-refractivity contribution in [3.05, 3.63) is 29.3 Å². The van der Waals surface area contributed by atoms with Gasteiger partial charge in [-0.15, -0.1) is 11.8 Å². The maximum Gasteiger partial charge on any atom is 0.0960 e. The molecule has 0 spiro atoms. The Morgan fingerprint density at radius 3 is 2.43 bits per heavy atom. The first kappa shape index (κ1) is 13.0. The third kappa shape index (κ3) is 3.42. The van der Waals surface area contributed by atoms with Crippen LogP contribution in [-0.2, 0) is 0 Å². The molecule has 0 fully saturated rings. The highest BCUT2D eigenvalue weighted by Gasteiger charge is 2.03. The molecule has 0 saturated carbocycles. The van der Waals surface area contributed by atoms with E-state index in [0.717, 1.165) is 11.1 Å². The van der Waals surface area contributed by atoms with Crippen LogP contribution in [0.3, 0.4) is 0 Å². The number of aryl methyl sites for hydroxylation is 1. The molecule has 78 valence electrons. The molecule has 3 N–H and O–H groups in total. The predicted octanol–water partition coefficient (Wildman–Crippen LogP) is 3.29. The summed E-state index contributed by atoms with van der Waals surface area (Å²) >= 11 is 1.40. The summed E-state index contributed by atoms with van der Waals surface area (Å²) in [6, 6.07) is 5.73. The van der Waals surface area contributed by atoms with Gasteiger partial charge in [-0.25, -0.2) is 0 Å². The van der Waals surface area contributed by atoms with Crippen LogP contribution in [0.4, 0.5) is 5.69 Å². The van der Waals surface area contributed by atoms with Gasteiger partial charge in [0.05, 0.1) is 5.04 Å². The van der Waals surface area contributed by atoms with Crippen molar-refractivity contribution >= 4 is 22.5 Å². The molecule has 1 aromatic carbocycles. The number of hydrogen-bond acceptors (Lipinski definition) is 3. The van der Waals surface area contributed by atoms with Crippen LogP contribution in [0.5, 0.6) is 0 Å². The Morgan fingerprint density at radius 2 is 1.93 bits per heavy atom. The zero-order valence-electron chi connectivity index (χ0n) is 9.22. The van der Waals surface area contributed by atoms with E-state index in [0.29, 0.717) is 10.7 Å². The van der Waals surface area contributed by atoms with Gasteiger partial charge in [0.2, 0.25) is 0 Å². The Balaban J connectivity index is 0.000000791. The molecule has 0 saturated heterocycles. The number of thioether (sulfide) groups is 1. The molecule has 0 amide bonds. The number of nitrogen functional groups attached to an aromatic ring is 1. The number of benzene rings is 1. The van der Waals surface area contributed by atoms with Crippen molar-refractivity contribution in [3.63, 3.8) is 0 Å². The summed E-state index contributed by atoms with van der Waals surface area (Å²) in [4.78, 5) is 0. The number of rotatable bonds is 1. The van der Waals surface area contributed by atoms with Crippen molar-refractivity contribution in [2.24, 2.45) is 0 Å². The molecule has 3 heteroatoms. The molecule has 0 radical (unpaired) electrons. The minimum atomic E-state index is 0.524. The van der Waals surface area contributed by atoms with E-state index < -0.39 is 0 Å². The fourth-order valence-electron chi connectivity index (χ4n) is 0.977. The molecule has 0 atom stereocenters. The quantitative estimate of drug-likeness (QED) is 0.424. The normalized spacial score (nSPS) is 8.86. The van der Waals surface area contributed by atoms with Gasteiger partial charge >= 0.3 is 0 Å². The fraction of sp³-hybridized carbons (Fsp3) is 0.364. The molecule has 1 rings (SSSR count). The molecule has 0 aliphatic carbocycles. The lowest BCUT2D eigenvalue weighted by molar-refractivity contribution is 1.44. The lowest BCUT2D eigenvalue weighted by atomic mass is 10.1. The first-order chi connectivity index (χ1) is 6.65. The van der Waals surface area contributed by atoms with E-state index in [4.69, 9.17) is 11.1 Å². The molecule has 0 bridgehead atoms. The van der Waals surface area contributed by atoms with Crippen molar-refractivity contribution in [1.29, 1.82) is 5.41 Å². The number of anilines is 1. The Bertz CT molecular complexity index is 308. The average Bonchev–Trinajstić information content (AvgIpc) is 2.23. The molecule has 2 nitrogen and oxygen atoms in total. The summed E-state index contributed by atoms with van der Waals surface area (Å²) in [6.45, 7) is 6.00. The number of hydrogen-bond donors (Lipinski definition) is 2. The van der Waals surface area contributed by atoms with Gasteiger partial charge in [0.15, 0.2) is 0 Å². The Kier molecular flexibility index (Phi) is 6.04. The summed E-state index contributed by atoms with van der Waals surface area (Å²) in [5.41, 5.74) is 8.36. The zero-order chi connectivity index (χ0) is 11.1. The maximum atomic E-state index is 7.60. The summed E-state index contributed by atoms with van der Waals surface area (Å²) in [5.74, 6) is 0. The van der Waals surface area contributed by atoms with Crippen LogP contribution < -0.4 is 5.73 Å². The highest BCUT2D eigenvalue weighted by Crippen LogP contribution is 2.18. The number of nitrogens with two attached hydrogens (primary N) is 1. The molecule has 14 heavy (non-hydrogen) atoms. The van der Waals surface area contributed by atoms with Crippen molar-refractivity contribution in [2.75, 3.05) is 12.0 Å². The standard InChI is InChI=1S/C9H12N2S.C2H6/c1-6-3-4-8(10)7(5-6)9(11)12-2;1-2/h3-5,11H,10H2,1-2H3;1-2H3. The Morgan fingerprint density at radius 1 is 1.36 bits per heavy atom. The van der Waals surface area contributed by atoms with Gasteiger partial charge in [-0.05, 0) is 25.3 Å². The van der Waals surface area contributed by atoms with Crippen LogP contribution in [0.1, 0.15) is 25.0 Å². The van der Waals surface area contributed by atoms with Gasteiger partial charge in [-0.2, -0.15) is 0 Å². The average molecular weight is 210 g/mol. The second kappa shape index (κ2) is 6.49. The first-order valence-corrected chi connectivity index (χ1v) is 5.86. The van der Waals surface area contributed by atoms with Gasteiger partial charge in [0, 0.05) is 11.3 Å². The maximum absolute atomic E-state index is 7.60. The molecule has 0 aromatic heterocycles. The van der Waals surface area contributed by atoms with Gasteiger partial charge in [0.25, 0.3) is 0 Å². The Labute approximate surface area is 90.4 Å². The molecule has 0 aliphatic rings. The van der Waals surface area contributed by atoms with E-state index in [9.17, 15) is 0 Å². The predicted molar refractivity (Wildman–Crippen MR) is 67.3 cm³/mol. The molecule has 0 unspecified atom stereocenters. The third-order valence-corrected chi connectivity index (χ3v) is 2.29. The van der Waals surface area contributed by atoms with Crippen LogP contribution in [0.25, 0.3) is 0 Å². The van der Waals surface area contributed by atoms with E-state index in [1.807, 2.05) is 45.2 Å². The lowest BCUT2D eigenvalue weighted by Gasteiger charge is -2.05. The van der Waals surface area contributed by atoms with Crippen molar-refractivity contribution in [1.82, 2.24) is 0 Å². The summed E-state index contributed by atoms with van der Waals surface area (Å²) in [6.07, 6.45) is 1.88. The highest BCUT2D eigenvalue weighted by molar-refractivity contribution is 8.13. The Hall–Kier alpha value is -0.960. The van der Waals surface area contributed by atoms with Gasteiger partial charge in [0.1, 0.15) is 0 Å². The van der Waals surface area contributed by atoms with E-state index in [1.54, 1.807) is 0 Å². The first-order valence-electron chi connectivity index (χ1n) is 4.64. The van der Waals surface area contributed by atoms with E-state index in [-0.39, 0.29) is 0 Å². The SMILES string of the molecule is CC.CSC(=N)c1cc(C)ccc1N. The van der Waals surface area contributed by atoms with Crippen LogP contribution in [0.2, 0.25) is 0 Å². The van der Waals surface area contributed by atoms with Crippen LogP contribution in [0, 0.1) is 12.3 Å². The summed E-state index contributed by atoms with van der Waals surface area (Å²) in [7, 11) is 0. The molecular weight excluding hydrogens is 192 g/mol. The minimum Gasteiger partial charge on any atom is -0.398 e. The molecule has 0 aliphatic heterocycles. The van der Waals surface area contributed by atoms with E-state index >= 15 is 0 Å². The van der Waals surface area contributed by atoms with E-state index in [1.165, 1.54) is 11.8 Å². The van der Waals surface area contributed by atoms with Crippen molar-refractivity contribution in [2.45, 2.75) is 20.8 Å². The fourth-order valence-corrected chi connectivity index (χ4v) is 1.37. The molecular formula is C11H18N2S. The topological polar surface area (TPSA) is 49.9 Å². The van der Waals surface area contributed by atoms with Gasteiger partial charge in [-0.3, -0.25) is 5.41 Å². The zero-order valence-corrected chi connectivity index (χ0v) is 10.0. The highest BCUT2D eigenvalue weighted by atomic mass is 32.2. The van der Waals surface area contributed by atoms with E-state index in [2.05, 4.69) is 0 Å². The minimum absolute atomic E-state index is 0.524. The third-order valence-electron chi connectivity index (χ3n) is 1.66. The van der Waals surface area contributed by atoms with Crippen molar-refractivity contribution in [3.8, 4) is 0 Å². The van der Waals surface area contributed by atoms with Crippen LogP contribution in [-0.4, -0.2) is 11.3 Å². The number of nitrogens with one attached hydrogen (secondary N) is 1. The lowest BCUT2D eigenvalue weighted by Crippen LogP contribution is -1.99. The van der Waals surface area contributed by atoms with Gasteiger partial charge < -0.3 is 5.73 Å².